The average Bonchev–Trinajstić information content (AvgIpc) is 2.70. The van der Waals surface area contributed by atoms with Gasteiger partial charge in [0.05, 0.1) is 6.20 Å². The lowest BCUT2D eigenvalue weighted by Gasteiger charge is -2.00. The molecule has 6 heteroatoms. The Morgan fingerprint density at radius 2 is 2.06 bits per heavy atom. The number of hydrogen-bond donors (Lipinski definition) is 1. The third-order valence-corrected chi connectivity index (χ3v) is 2.06. The fourth-order valence-corrected chi connectivity index (χ4v) is 1.32. The monoisotopic (exact) mass is 228 g/mol. The maximum Gasteiger partial charge on any atom is 0.333 e. The molecule has 3 nitrogen and oxygen atoms in total. The molecule has 1 aromatic carbocycles. The van der Waals surface area contributed by atoms with E-state index in [1.165, 1.54) is 6.07 Å². The molecular formula is C10H7F3N2O. The molecule has 2 aromatic rings. The minimum Gasteiger partial charge on any atom is -0.508 e. The first-order valence-corrected chi connectivity index (χ1v) is 4.39. The van der Waals surface area contributed by atoms with E-state index >= 15 is 0 Å². The highest BCUT2D eigenvalue weighted by molar-refractivity contribution is 5.64. The van der Waals surface area contributed by atoms with Crippen LogP contribution in [0.3, 0.4) is 0 Å². The molecule has 0 aliphatic carbocycles. The van der Waals surface area contributed by atoms with Crippen LogP contribution >= 0.6 is 0 Å². The SMILES string of the molecule is Oc1ccc(F)c(-c2cnn(C(F)F)c2)c1. The van der Waals surface area contributed by atoms with Crippen LogP contribution in [0.5, 0.6) is 5.75 Å². The highest BCUT2D eigenvalue weighted by atomic mass is 19.3. The van der Waals surface area contributed by atoms with Crippen molar-refractivity contribution >= 4 is 0 Å². The maximum absolute atomic E-state index is 13.3. The molecule has 0 spiro atoms. The topological polar surface area (TPSA) is 38.1 Å². The molecule has 0 radical (unpaired) electrons. The van der Waals surface area contributed by atoms with Crippen LogP contribution in [-0.4, -0.2) is 14.9 Å². The van der Waals surface area contributed by atoms with Crippen molar-refractivity contribution in [2.75, 3.05) is 0 Å². The van der Waals surface area contributed by atoms with Crippen LogP contribution in [0.25, 0.3) is 11.1 Å². The molecule has 1 aromatic heterocycles. The minimum absolute atomic E-state index is 0.0342. The van der Waals surface area contributed by atoms with Gasteiger partial charge in [0.15, 0.2) is 0 Å². The van der Waals surface area contributed by atoms with Gasteiger partial charge in [0, 0.05) is 17.3 Å². The van der Waals surface area contributed by atoms with Gasteiger partial charge in [0.25, 0.3) is 0 Å². The second-order valence-electron chi connectivity index (χ2n) is 3.15. The Morgan fingerprint density at radius 3 is 2.69 bits per heavy atom. The molecule has 84 valence electrons. The minimum atomic E-state index is -2.77. The molecule has 0 aliphatic heterocycles. The summed E-state index contributed by atoms with van der Waals surface area (Å²) in [5.41, 5.74) is 0.223. The number of benzene rings is 1. The molecule has 1 N–H and O–H groups in total. The number of phenols is 1. The summed E-state index contributed by atoms with van der Waals surface area (Å²) in [5.74, 6) is -0.743. The number of alkyl halides is 2. The van der Waals surface area contributed by atoms with Gasteiger partial charge in [-0.25, -0.2) is 9.07 Å². The fraction of sp³-hybridized carbons (Fsp3) is 0.100. The summed E-state index contributed by atoms with van der Waals surface area (Å²) in [6.07, 6.45) is 2.13. The van der Waals surface area contributed by atoms with Crippen molar-refractivity contribution in [3.05, 3.63) is 36.4 Å². The predicted octanol–water partition coefficient (Wildman–Crippen LogP) is 2.79. The Bertz CT molecular complexity index is 511. The van der Waals surface area contributed by atoms with Crippen molar-refractivity contribution in [2.45, 2.75) is 6.55 Å². The van der Waals surface area contributed by atoms with E-state index in [-0.39, 0.29) is 16.9 Å². The van der Waals surface area contributed by atoms with Gasteiger partial charge in [-0.1, -0.05) is 0 Å². The molecule has 0 bridgehead atoms. The molecule has 0 aliphatic rings. The second-order valence-corrected chi connectivity index (χ2v) is 3.15. The standard InChI is InChI=1S/C10H7F3N2O/c11-9-2-1-7(16)3-8(9)6-4-14-15(5-6)10(12)13/h1-5,10,16H. The van der Waals surface area contributed by atoms with Gasteiger partial charge in [0.2, 0.25) is 0 Å². The summed E-state index contributed by atoms with van der Waals surface area (Å²) in [6.45, 7) is -2.77. The van der Waals surface area contributed by atoms with E-state index in [1.807, 2.05) is 0 Å². The highest BCUT2D eigenvalue weighted by Gasteiger charge is 2.12. The zero-order valence-corrected chi connectivity index (χ0v) is 7.94. The van der Waals surface area contributed by atoms with Gasteiger partial charge < -0.3 is 5.11 Å². The Labute approximate surface area is 88.8 Å². The molecular weight excluding hydrogens is 221 g/mol. The van der Waals surface area contributed by atoms with Crippen LogP contribution < -0.4 is 0 Å². The molecule has 0 amide bonds. The molecule has 2 rings (SSSR count). The number of aromatic nitrogens is 2. The average molecular weight is 228 g/mol. The second kappa shape index (κ2) is 3.88. The van der Waals surface area contributed by atoms with Crippen molar-refractivity contribution in [3.63, 3.8) is 0 Å². The lowest BCUT2D eigenvalue weighted by atomic mass is 10.1. The van der Waals surface area contributed by atoms with E-state index in [0.29, 0.717) is 4.68 Å². The van der Waals surface area contributed by atoms with E-state index in [1.54, 1.807) is 0 Å². The summed E-state index contributed by atoms with van der Waals surface area (Å²) in [4.78, 5) is 0. The largest absolute Gasteiger partial charge is 0.508 e. The van der Waals surface area contributed by atoms with E-state index in [0.717, 1.165) is 24.5 Å². The van der Waals surface area contributed by atoms with Crippen molar-refractivity contribution in [1.29, 1.82) is 0 Å². The lowest BCUT2D eigenvalue weighted by Crippen LogP contribution is -1.96. The molecule has 0 atom stereocenters. The molecule has 16 heavy (non-hydrogen) atoms. The van der Waals surface area contributed by atoms with Gasteiger partial charge in [-0.15, -0.1) is 0 Å². The molecule has 0 unspecified atom stereocenters. The third kappa shape index (κ3) is 1.86. The Morgan fingerprint density at radius 1 is 1.31 bits per heavy atom. The normalized spacial score (nSPS) is 11.0. The van der Waals surface area contributed by atoms with Gasteiger partial charge >= 0.3 is 6.55 Å². The predicted molar refractivity (Wildman–Crippen MR) is 50.5 cm³/mol. The van der Waals surface area contributed by atoms with Crippen molar-refractivity contribution < 1.29 is 18.3 Å². The summed E-state index contributed by atoms with van der Waals surface area (Å²) in [7, 11) is 0. The summed E-state index contributed by atoms with van der Waals surface area (Å²) >= 11 is 0. The quantitative estimate of drug-likeness (QED) is 0.858. The van der Waals surface area contributed by atoms with E-state index in [2.05, 4.69) is 5.10 Å². The number of rotatable bonds is 2. The summed E-state index contributed by atoms with van der Waals surface area (Å²) < 4.78 is 38.2. The summed E-state index contributed by atoms with van der Waals surface area (Å²) in [6, 6.07) is 3.39. The third-order valence-electron chi connectivity index (χ3n) is 2.06. The highest BCUT2D eigenvalue weighted by Crippen LogP contribution is 2.26. The number of nitrogens with zero attached hydrogens (tertiary/aromatic N) is 2. The van der Waals surface area contributed by atoms with E-state index < -0.39 is 12.4 Å². The van der Waals surface area contributed by atoms with Crippen molar-refractivity contribution in [3.8, 4) is 16.9 Å². The number of aromatic hydroxyl groups is 1. The van der Waals surface area contributed by atoms with Gasteiger partial charge in [-0.05, 0) is 18.2 Å². The molecule has 0 saturated carbocycles. The Kier molecular flexibility index (Phi) is 2.55. The van der Waals surface area contributed by atoms with Gasteiger partial charge in [0.1, 0.15) is 11.6 Å². The van der Waals surface area contributed by atoms with E-state index in [9.17, 15) is 18.3 Å². The first kappa shape index (κ1) is 10.5. The summed E-state index contributed by atoms with van der Waals surface area (Å²) in [5, 5.41) is 12.6. The number of hydrogen-bond acceptors (Lipinski definition) is 2. The van der Waals surface area contributed by atoms with Gasteiger partial charge in [-0.2, -0.15) is 13.9 Å². The van der Waals surface area contributed by atoms with Crippen LogP contribution in [0.2, 0.25) is 0 Å². The van der Waals surface area contributed by atoms with Crippen LogP contribution in [0, 0.1) is 5.82 Å². The van der Waals surface area contributed by atoms with Crippen LogP contribution in [0.1, 0.15) is 6.55 Å². The first-order chi connectivity index (χ1) is 7.58. The zero-order chi connectivity index (χ0) is 11.7. The molecule has 0 saturated heterocycles. The maximum atomic E-state index is 13.3. The van der Waals surface area contributed by atoms with Crippen LogP contribution in [0.4, 0.5) is 13.2 Å². The Balaban J connectivity index is 2.46. The number of halogens is 3. The zero-order valence-electron chi connectivity index (χ0n) is 7.94. The van der Waals surface area contributed by atoms with Crippen LogP contribution in [0.15, 0.2) is 30.6 Å². The Hall–Kier alpha value is -1.98. The van der Waals surface area contributed by atoms with Crippen molar-refractivity contribution in [2.24, 2.45) is 0 Å². The lowest BCUT2D eigenvalue weighted by molar-refractivity contribution is 0.0566. The molecule has 1 heterocycles. The first-order valence-electron chi connectivity index (χ1n) is 4.39. The van der Waals surface area contributed by atoms with E-state index in [4.69, 9.17) is 0 Å². The van der Waals surface area contributed by atoms with Crippen molar-refractivity contribution in [1.82, 2.24) is 9.78 Å². The fourth-order valence-electron chi connectivity index (χ4n) is 1.32. The van der Waals surface area contributed by atoms with Gasteiger partial charge in [-0.3, -0.25) is 0 Å². The smallest absolute Gasteiger partial charge is 0.333 e. The van der Waals surface area contributed by atoms with Crippen LogP contribution in [-0.2, 0) is 0 Å². The molecule has 0 fully saturated rings. The number of phenolic OH excluding ortho intramolecular Hbond substituents is 1.